The van der Waals surface area contributed by atoms with Gasteiger partial charge in [0.25, 0.3) is 0 Å². The number of nitrogens with one attached hydrogen (secondary N) is 1. The zero-order valence-electron chi connectivity index (χ0n) is 20.3. The zero-order valence-corrected chi connectivity index (χ0v) is 21.2. The van der Waals surface area contributed by atoms with Crippen molar-refractivity contribution in [2.24, 2.45) is 0 Å². The second-order valence-corrected chi connectivity index (χ2v) is 12.2. The fourth-order valence-corrected chi connectivity index (χ4v) is 5.73. The lowest BCUT2D eigenvalue weighted by molar-refractivity contribution is 0.0349. The number of nitrogens with zero attached hydrogens (tertiary/aromatic N) is 7. The molecule has 2 N–H and O–H groups in total. The summed E-state index contributed by atoms with van der Waals surface area (Å²) in [6, 6.07) is 3.87. The van der Waals surface area contributed by atoms with Crippen LogP contribution in [0.2, 0.25) is 0 Å². The van der Waals surface area contributed by atoms with Crippen molar-refractivity contribution in [3.8, 4) is 0 Å². The Balaban J connectivity index is 1.40. The lowest BCUT2D eigenvalue weighted by atomic mass is 9.94. The van der Waals surface area contributed by atoms with Gasteiger partial charge >= 0.3 is 0 Å². The summed E-state index contributed by atoms with van der Waals surface area (Å²) in [6.45, 7) is 8.27. The van der Waals surface area contributed by atoms with Crippen molar-refractivity contribution in [2.75, 3.05) is 52.8 Å². The zero-order chi connectivity index (χ0) is 24.8. The molecule has 2 saturated heterocycles. The van der Waals surface area contributed by atoms with Gasteiger partial charge in [-0.05, 0) is 39.7 Å². The van der Waals surface area contributed by atoms with Gasteiger partial charge in [0.05, 0.1) is 28.0 Å². The lowest BCUT2D eigenvalue weighted by Crippen LogP contribution is -2.43. The molecule has 3 aromatic heterocycles. The molecule has 2 aliphatic heterocycles. The Morgan fingerprint density at radius 1 is 1.06 bits per heavy atom. The number of pyridine rings is 1. The van der Waals surface area contributed by atoms with Crippen LogP contribution in [0.5, 0.6) is 0 Å². The number of aliphatic hydroxyl groups is 1. The highest BCUT2D eigenvalue weighted by molar-refractivity contribution is 7.91. The Labute approximate surface area is 205 Å². The quantitative estimate of drug-likeness (QED) is 0.537. The molecule has 0 atom stereocenters. The number of anilines is 4. The number of aromatic nitrogens is 5. The molecule has 3 aromatic rings. The van der Waals surface area contributed by atoms with Crippen molar-refractivity contribution in [2.45, 2.75) is 45.3 Å². The number of rotatable bonds is 5. The second kappa shape index (κ2) is 8.90. The number of hydrogen-bond donors (Lipinski definition) is 2. The molecule has 2 fully saturated rings. The molecule has 188 valence electrons. The maximum absolute atomic E-state index is 11.9. The maximum Gasteiger partial charge on any atom is 0.227 e. The van der Waals surface area contributed by atoms with Crippen LogP contribution >= 0.6 is 0 Å². The van der Waals surface area contributed by atoms with Crippen molar-refractivity contribution < 1.29 is 13.5 Å². The molecule has 0 bridgehead atoms. The van der Waals surface area contributed by atoms with Crippen molar-refractivity contribution in [1.82, 2.24) is 24.7 Å². The minimum atomic E-state index is -2.98. The predicted octanol–water partition coefficient (Wildman–Crippen LogP) is 2.13. The van der Waals surface area contributed by atoms with Gasteiger partial charge in [0.1, 0.15) is 11.6 Å². The molecule has 0 radical (unpaired) electrons. The largest absolute Gasteiger partial charge is 0.390 e. The molecular weight excluding hydrogens is 468 g/mol. The summed E-state index contributed by atoms with van der Waals surface area (Å²) in [6.07, 6.45) is 4.86. The van der Waals surface area contributed by atoms with Crippen LogP contribution in [0.3, 0.4) is 0 Å². The Hall–Kier alpha value is -2.99. The van der Waals surface area contributed by atoms with Gasteiger partial charge in [-0.15, -0.1) is 0 Å². The highest BCUT2D eigenvalue weighted by atomic mass is 32.2. The first-order valence-electron chi connectivity index (χ1n) is 12.0. The molecule has 11 nitrogen and oxygen atoms in total. The second-order valence-electron chi connectivity index (χ2n) is 9.94. The van der Waals surface area contributed by atoms with Crippen LogP contribution in [0.25, 0.3) is 10.9 Å². The number of fused-ring (bicyclic) bond motifs is 1. The Kier molecular flexibility index (Phi) is 6.04. The highest BCUT2D eigenvalue weighted by Gasteiger charge is 2.29. The smallest absolute Gasteiger partial charge is 0.227 e. The Morgan fingerprint density at radius 3 is 2.46 bits per heavy atom. The lowest BCUT2D eigenvalue weighted by Gasteiger charge is -2.35. The summed E-state index contributed by atoms with van der Waals surface area (Å²) in [7, 11) is -2.98. The van der Waals surface area contributed by atoms with E-state index in [2.05, 4.69) is 39.0 Å². The maximum atomic E-state index is 11.9. The molecule has 0 saturated carbocycles. The van der Waals surface area contributed by atoms with Crippen molar-refractivity contribution in [3.05, 3.63) is 24.5 Å². The van der Waals surface area contributed by atoms with Crippen LogP contribution < -0.4 is 15.1 Å². The van der Waals surface area contributed by atoms with E-state index in [9.17, 15) is 13.5 Å². The Morgan fingerprint density at radius 2 is 1.77 bits per heavy atom. The molecule has 5 rings (SSSR count). The van der Waals surface area contributed by atoms with Crippen LogP contribution in [0.15, 0.2) is 24.5 Å². The summed E-state index contributed by atoms with van der Waals surface area (Å²) >= 11 is 0. The summed E-state index contributed by atoms with van der Waals surface area (Å²) < 4.78 is 25.7. The van der Waals surface area contributed by atoms with E-state index >= 15 is 0 Å². The van der Waals surface area contributed by atoms with E-state index in [1.807, 2.05) is 22.6 Å². The first-order valence-corrected chi connectivity index (χ1v) is 13.8. The molecule has 2 aliphatic rings. The standard InChI is InChI=1S/C23H32N8O3S/c1-16(2)31-18-14-20(25-15-17(18)21(28-31)29-10-12-35(33,34)13-11-29)26-19-4-7-24-22(27-19)30-8-5-23(3,32)6-9-30/h4,7,14-16,32H,5-6,8-13H2,1-3H3,(H,24,25,26,27). The minimum absolute atomic E-state index is 0.122. The fourth-order valence-electron chi connectivity index (χ4n) is 4.53. The average Bonchev–Trinajstić information content (AvgIpc) is 3.18. The van der Waals surface area contributed by atoms with Crippen LogP contribution in [0.4, 0.5) is 23.4 Å². The van der Waals surface area contributed by atoms with Gasteiger partial charge < -0.3 is 20.2 Å². The third-order valence-electron chi connectivity index (χ3n) is 6.73. The molecule has 0 spiro atoms. The van der Waals surface area contributed by atoms with E-state index in [4.69, 9.17) is 5.10 Å². The number of hydrogen-bond acceptors (Lipinski definition) is 10. The van der Waals surface area contributed by atoms with Gasteiger partial charge in [0.15, 0.2) is 15.7 Å². The van der Waals surface area contributed by atoms with Gasteiger partial charge in [-0.25, -0.2) is 18.4 Å². The molecule has 12 heteroatoms. The van der Waals surface area contributed by atoms with E-state index in [0.29, 0.717) is 56.6 Å². The molecular formula is C23H32N8O3S. The van der Waals surface area contributed by atoms with Gasteiger partial charge in [0, 0.05) is 50.7 Å². The summed E-state index contributed by atoms with van der Waals surface area (Å²) in [5.74, 6) is 2.95. The molecule has 0 amide bonds. The SMILES string of the molecule is CC(C)n1nc(N2CCS(=O)(=O)CC2)c2cnc(Nc3ccnc(N4CCC(C)(O)CC4)n3)cc21. The van der Waals surface area contributed by atoms with E-state index in [1.54, 1.807) is 18.5 Å². The highest BCUT2D eigenvalue weighted by Crippen LogP contribution is 2.31. The van der Waals surface area contributed by atoms with Crippen LogP contribution in [-0.2, 0) is 9.84 Å². The van der Waals surface area contributed by atoms with E-state index < -0.39 is 15.4 Å². The summed E-state index contributed by atoms with van der Waals surface area (Å²) in [5, 5.41) is 19.2. The molecule has 35 heavy (non-hydrogen) atoms. The molecule has 0 aliphatic carbocycles. The van der Waals surface area contributed by atoms with E-state index in [1.165, 1.54) is 0 Å². The average molecular weight is 501 g/mol. The van der Waals surface area contributed by atoms with Crippen molar-refractivity contribution in [1.29, 1.82) is 0 Å². The topological polar surface area (TPSA) is 129 Å². The van der Waals surface area contributed by atoms with Crippen LogP contribution in [0, 0.1) is 0 Å². The van der Waals surface area contributed by atoms with Crippen LogP contribution in [0.1, 0.15) is 39.7 Å². The minimum Gasteiger partial charge on any atom is -0.390 e. The third-order valence-corrected chi connectivity index (χ3v) is 8.34. The fraction of sp³-hybridized carbons (Fsp3) is 0.565. The predicted molar refractivity (Wildman–Crippen MR) is 136 cm³/mol. The first-order chi connectivity index (χ1) is 16.6. The van der Waals surface area contributed by atoms with Crippen molar-refractivity contribution >= 4 is 44.1 Å². The van der Waals surface area contributed by atoms with Gasteiger partial charge in [-0.2, -0.15) is 10.1 Å². The van der Waals surface area contributed by atoms with Crippen LogP contribution in [-0.4, -0.2) is 81.5 Å². The van der Waals surface area contributed by atoms with E-state index in [0.717, 1.165) is 16.7 Å². The molecule has 5 heterocycles. The van der Waals surface area contributed by atoms with E-state index in [-0.39, 0.29) is 17.5 Å². The van der Waals surface area contributed by atoms with Gasteiger partial charge in [-0.3, -0.25) is 4.68 Å². The monoisotopic (exact) mass is 500 g/mol. The number of piperidine rings is 1. The van der Waals surface area contributed by atoms with Crippen molar-refractivity contribution in [3.63, 3.8) is 0 Å². The Bertz CT molecular complexity index is 1310. The third kappa shape index (κ3) is 5.03. The molecule has 0 unspecified atom stereocenters. The normalized spacial score (nSPS) is 19.9. The first kappa shape index (κ1) is 23.7. The van der Waals surface area contributed by atoms with Gasteiger partial charge in [-0.1, -0.05) is 0 Å². The number of sulfone groups is 1. The summed E-state index contributed by atoms with van der Waals surface area (Å²) in [4.78, 5) is 17.8. The van der Waals surface area contributed by atoms with Gasteiger partial charge in [0.2, 0.25) is 5.95 Å². The molecule has 0 aromatic carbocycles. The summed E-state index contributed by atoms with van der Waals surface area (Å²) in [5.41, 5.74) is 0.292.